The van der Waals surface area contributed by atoms with E-state index in [4.69, 9.17) is 18.9 Å². The molecule has 14 nitrogen and oxygen atoms in total. The lowest BCUT2D eigenvalue weighted by molar-refractivity contribution is -0.144. The van der Waals surface area contributed by atoms with E-state index in [-0.39, 0.29) is 50.7 Å². The molecule has 0 saturated heterocycles. The van der Waals surface area contributed by atoms with E-state index in [1.165, 1.54) is 18.0 Å². The van der Waals surface area contributed by atoms with Crippen molar-refractivity contribution in [2.24, 2.45) is 0 Å². The van der Waals surface area contributed by atoms with Gasteiger partial charge in [0.1, 0.15) is 12.4 Å². The number of nitrogens with zero attached hydrogens (tertiary/aromatic N) is 3. The van der Waals surface area contributed by atoms with E-state index < -0.39 is 28.8 Å². The first-order valence-corrected chi connectivity index (χ1v) is 16.7. The monoisotopic (exact) mass is 671 g/mol. The minimum atomic E-state index is -3.59. The number of likely N-dealkylation sites (N-methyl/N-ethyl adjacent to an activating group) is 2. The second-order valence-electron chi connectivity index (χ2n) is 11.5. The van der Waals surface area contributed by atoms with Crippen molar-refractivity contribution in [1.82, 2.24) is 14.4 Å². The van der Waals surface area contributed by atoms with Crippen LogP contribution in [0.4, 0.5) is 4.79 Å². The lowest BCUT2D eigenvalue weighted by Gasteiger charge is -2.20. The Labute approximate surface area is 271 Å². The summed E-state index contributed by atoms with van der Waals surface area (Å²) in [5, 5.41) is 13.6. The third-order valence-corrected chi connectivity index (χ3v) is 8.28. The van der Waals surface area contributed by atoms with E-state index in [1.807, 2.05) is 43.3 Å². The van der Waals surface area contributed by atoms with E-state index in [0.29, 0.717) is 46.4 Å². The highest BCUT2D eigenvalue weighted by atomic mass is 32.2. The largest absolute Gasteiger partial charge is 0.464 e. The van der Waals surface area contributed by atoms with Gasteiger partial charge in [-0.15, -0.1) is 0 Å². The van der Waals surface area contributed by atoms with Gasteiger partial charge < -0.3 is 38.4 Å². The average molecular weight is 672 g/mol. The van der Waals surface area contributed by atoms with Crippen molar-refractivity contribution in [3.63, 3.8) is 0 Å². The molecule has 1 aromatic heterocycles. The van der Waals surface area contributed by atoms with Crippen LogP contribution in [0.1, 0.15) is 18.4 Å². The number of hydrogen-bond acceptors (Lipinski definition) is 12. The van der Waals surface area contributed by atoms with E-state index >= 15 is 0 Å². The molecular formula is C32H37N3O11S. The normalized spacial score (nSPS) is 12.7. The highest BCUT2D eigenvalue weighted by molar-refractivity contribution is 7.85. The number of fused-ring (bicyclic) bond motifs is 6. The Morgan fingerprint density at radius 2 is 1.70 bits per heavy atom. The minimum absolute atomic E-state index is 0.0000379. The molecule has 1 aliphatic heterocycles. The summed E-state index contributed by atoms with van der Waals surface area (Å²) in [6.07, 6.45) is 0.238. The van der Waals surface area contributed by atoms with Crippen molar-refractivity contribution in [3.05, 3.63) is 52.3 Å². The number of rotatable bonds is 13. The maximum atomic E-state index is 14.1. The number of aromatic nitrogens is 1. The number of amides is 1. The summed E-state index contributed by atoms with van der Waals surface area (Å²) in [6, 6.07) is 10.8. The predicted octanol–water partition coefficient (Wildman–Crippen LogP) is 2.82. The number of aliphatic hydroxyl groups is 1. The first-order chi connectivity index (χ1) is 22.4. The fourth-order valence-electron chi connectivity index (χ4n) is 5.27. The van der Waals surface area contributed by atoms with Gasteiger partial charge in [0.05, 0.1) is 36.9 Å². The van der Waals surface area contributed by atoms with Crippen LogP contribution < -0.4 is 19.8 Å². The van der Waals surface area contributed by atoms with Gasteiger partial charge in [-0.2, -0.15) is 8.42 Å². The zero-order chi connectivity index (χ0) is 33.9. The Kier molecular flexibility index (Phi) is 10.2. The molecule has 2 heterocycles. The summed E-state index contributed by atoms with van der Waals surface area (Å²) in [5.41, 5.74) is 0.731. The van der Waals surface area contributed by atoms with Crippen LogP contribution in [0.2, 0.25) is 0 Å². The molecule has 3 aromatic carbocycles. The van der Waals surface area contributed by atoms with Gasteiger partial charge in [0.15, 0.2) is 11.5 Å². The van der Waals surface area contributed by atoms with Crippen LogP contribution in [0.3, 0.4) is 0 Å². The van der Waals surface area contributed by atoms with E-state index in [9.17, 15) is 27.9 Å². The molecule has 0 spiro atoms. The SMILES string of the molecule is CN(C)CCn1c(=O)c2cc(OC(=O)N(C)CCOC(=O)CCCOS(C)(=O)=O)c(CO)cc2c2ccc3cc4c(cc3c21)OCO4. The second-order valence-corrected chi connectivity index (χ2v) is 13.1. The Balaban J connectivity index is 1.41. The first kappa shape index (κ1) is 33.9. The van der Waals surface area contributed by atoms with Crippen LogP contribution >= 0.6 is 0 Å². The fourth-order valence-corrected chi connectivity index (χ4v) is 5.69. The van der Waals surface area contributed by atoms with Crippen molar-refractivity contribution in [2.75, 3.05) is 60.5 Å². The van der Waals surface area contributed by atoms with Gasteiger partial charge in [-0.1, -0.05) is 12.1 Å². The van der Waals surface area contributed by atoms with Gasteiger partial charge in [-0.05, 0) is 55.6 Å². The van der Waals surface area contributed by atoms with Crippen LogP contribution in [0.5, 0.6) is 17.2 Å². The molecule has 4 aromatic rings. The van der Waals surface area contributed by atoms with E-state index in [1.54, 1.807) is 10.6 Å². The van der Waals surface area contributed by atoms with Crippen LogP contribution in [0, 0.1) is 0 Å². The molecule has 1 aliphatic rings. The van der Waals surface area contributed by atoms with Crippen molar-refractivity contribution in [1.29, 1.82) is 0 Å². The van der Waals surface area contributed by atoms with Crippen molar-refractivity contribution >= 4 is 54.6 Å². The van der Waals surface area contributed by atoms with Crippen LogP contribution in [0.25, 0.3) is 32.4 Å². The average Bonchev–Trinajstić information content (AvgIpc) is 3.48. The molecule has 1 amide bonds. The molecule has 0 unspecified atom stereocenters. The summed E-state index contributed by atoms with van der Waals surface area (Å²) in [4.78, 5) is 42.2. The zero-order valence-corrected chi connectivity index (χ0v) is 27.4. The van der Waals surface area contributed by atoms with Gasteiger partial charge in [0.25, 0.3) is 15.7 Å². The molecule has 5 rings (SSSR count). The number of pyridine rings is 1. The quantitative estimate of drug-likeness (QED) is 0.0959. The summed E-state index contributed by atoms with van der Waals surface area (Å²) < 4.78 is 50.2. The Morgan fingerprint density at radius 3 is 2.40 bits per heavy atom. The van der Waals surface area contributed by atoms with Gasteiger partial charge >= 0.3 is 12.1 Å². The Hall–Kier alpha value is -4.44. The maximum Gasteiger partial charge on any atom is 0.415 e. The van der Waals surface area contributed by atoms with Gasteiger partial charge in [0, 0.05) is 42.9 Å². The van der Waals surface area contributed by atoms with Crippen LogP contribution in [-0.2, 0) is 37.0 Å². The molecular weight excluding hydrogens is 634 g/mol. The van der Waals surface area contributed by atoms with Crippen molar-refractivity contribution in [2.45, 2.75) is 26.0 Å². The smallest absolute Gasteiger partial charge is 0.415 e. The third kappa shape index (κ3) is 7.76. The predicted molar refractivity (Wildman–Crippen MR) is 173 cm³/mol. The number of benzene rings is 3. The Morgan fingerprint density at radius 1 is 0.957 bits per heavy atom. The van der Waals surface area contributed by atoms with Crippen LogP contribution in [0.15, 0.2) is 41.2 Å². The maximum absolute atomic E-state index is 14.1. The number of hydrogen-bond donors (Lipinski definition) is 1. The summed E-state index contributed by atoms with van der Waals surface area (Å²) in [7, 11) is 1.71. The summed E-state index contributed by atoms with van der Waals surface area (Å²) in [5.74, 6) is 0.679. The van der Waals surface area contributed by atoms with Gasteiger partial charge in [0.2, 0.25) is 6.79 Å². The fraction of sp³-hybridized carbons (Fsp3) is 0.406. The standard InChI is InChI=1S/C32H37N3O11S/c1-33(2)9-10-35-30-22(8-7-20-15-27-28(16-23(20)30)44-19-43-27)24-14-21(18-36)26(17-25(24)31(35)38)46-32(39)34(3)11-13-42-29(37)6-5-12-45-47(4,40)41/h7-8,14-17,36H,5-6,9-13,18-19H2,1-4H3. The molecule has 15 heteroatoms. The molecule has 0 fully saturated rings. The molecule has 252 valence electrons. The summed E-state index contributed by atoms with van der Waals surface area (Å²) in [6.45, 7) is 0.362. The molecule has 0 bridgehead atoms. The summed E-state index contributed by atoms with van der Waals surface area (Å²) >= 11 is 0. The highest BCUT2D eigenvalue weighted by Gasteiger charge is 2.22. The number of esters is 1. The number of carbonyl (C=O) groups excluding carboxylic acids is 2. The lowest BCUT2D eigenvalue weighted by Crippen LogP contribution is -2.33. The third-order valence-electron chi connectivity index (χ3n) is 7.68. The van der Waals surface area contributed by atoms with E-state index in [0.717, 1.165) is 22.4 Å². The van der Waals surface area contributed by atoms with Gasteiger partial charge in [-0.25, -0.2) is 4.79 Å². The second kappa shape index (κ2) is 14.1. The minimum Gasteiger partial charge on any atom is -0.464 e. The molecule has 1 N–H and O–H groups in total. The number of carbonyl (C=O) groups is 2. The van der Waals surface area contributed by atoms with Crippen molar-refractivity contribution in [3.8, 4) is 17.2 Å². The number of ether oxygens (including phenoxy) is 4. The topological polar surface area (TPSA) is 163 Å². The molecule has 0 saturated carbocycles. The first-order valence-electron chi connectivity index (χ1n) is 14.9. The van der Waals surface area contributed by atoms with E-state index in [2.05, 4.69) is 4.18 Å². The molecule has 0 atom stereocenters. The van der Waals surface area contributed by atoms with Gasteiger partial charge in [-0.3, -0.25) is 13.8 Å². The van der Waals surface area contributed by atoms with Crippen LogP contribution in [-0.4, -0.2) is 100 Å². The molecule has 47 heavy (non-hydrogen) atoms. The lowest BCUT2D eigenvalue weighted by atomic mass is 9.98. The molecule has 0 radical (unpaired) electrons. The zero-order valence-electron chi connectivity index (χ0n) is 26.6. The number of aliphatic hydroxyl groups excluding tert-OH is 1. The van der Waals surface area contributed by atoms with Crippen molar-refractivity contribution < 1.29 is 46.2 Å². The highest BCUT2D eigenvalue weighted by Crippen LogP contribution is 2.40. The molecule has 0 aliphatic carbocycles. The Bertz CT molecular complexity index is 2010.